The van der Waals surface area contributed by atoms with E-state index >= 15 is 0 Å². The highest BCUT2D eigenvalue weighted by Crippen LogP contribution is 2.26. The number of aryl methyl sites for hydroxylation is 1. The summed E-state index contributed by atoms with van der Waals surface area (Å²) in [6.45, 7) is 8.44. The van der Waals surface area contributed by atoms with Crippen molar-refractivity contribution in [2.45, 2.75) is 40.2 Å². The van der Waals surface area contributed by atoms with Crippen molar-refractivity contribution in [2.75, 3.05) is 6.54 Å². The second kappa shape index (κ2) is 6.10. The first-order valence-corrected chi connectivity index (χ1v) is 6.16. The van der Waals surface area contributed by atoms with Gasteiger partial charge in [0.1, 0.15) is 11.6 Å². The minimum Gasteiger partial charge on any atom is -0.310 e. The molecule has 0 bridgehead atoms. The molecule has 3 heteroatoms. The Bertz CT molecular complexity index is 375. The topological polar surface area (TPSA) is 12.0 Å². The maximum atomic E-state index is 13.9. The van der Waals surface area contributed by atoms with Crippen molar-refractivity contribution in [3.63, 3.8) is 0 Å². The Labute approximate surface area is 102 Å². The summed E-state index contributed by atoms with van der Waals surface area (Å²) in [5.74, 6) is -0.449. The van der Waals surface area contributed by atoms with Crippen molar-refractivity contribution >= 4 is 0 Å². The zero-order valence-corrected chi connectivity index (χ0v) is 11.0. The monoisotopic (exact) mass is 241 g/mol. The van der Waals surface area contributed by atoms with Gasteiger partial charge in [-0.3, -0.25) is 0 Å². The lowest BCUT2D eigenvalue weighted by molar-refractivity contribution is 0.395. The lowest BCUT2D eigenvalue weighted by atomic mass is 9.94. The van der Waals surface area contributed by atoms with Crippen molar-refractivity contribution in [1.82, 2.24) is 5.32 Å². The molecule has 0 heterocycles. The molecule has 1 aromatic carbocycles. The molecule has 0 aliphatic heterocycles. The van der Waals surface area contributed by atoms with Gasteiger partial charge in [-0.15, -0.1) is 0 Å². The van der Waals surface area contributed by atoms with Gasteiger partial charge in [0.05, 0.1) is 0 Å². The van der Waals surface area contributed by atoms with Crippen LogP contribution in [-0.4, -0.2) is 6.54 Å². The van der Waals surface area contributed by atoms with Crippen molar-refractivity contribution in [2.24, 2.45) is 5.92 Å². The molecule has 0 aliphatic rings. The SMILES string of the molecule is CCCNC(c1cc(F)c(C)cc1F)C(C)C. The van der Waals surface area contributed by atoms with E-state index < -0.39 is 0 Å². The molecule has 0 amide bonds. The Morgan fingerprint density at radius 2 is 1.82 bits per heavy atom. The number of halogens is 2. The zero-order chi connectivity index (χ0) is 13.0. The first kappa shape index (κ1) is 14.1. The van der Waals surface area contributed by atoms with Gasteiger partial charge in [-0.1, -0.05) is 20.8 Å². The molecule has 17 heavy (non-hydrogen) atoms. The summed E-state index contributed by atoms with van der Waals surface area (Å²) in [7, 11) is 0. The number of benzene rings is 1. The summed E-state index contributed by atoms with van der Waals surface area (Å²) >= 11 is 0. The van der Waals surface area contributed by atoms with Gasteiger partial charge in [-0.2, -0.15) is 0 Å². The van der Waals surface area contributed by atoms with Crippen LogP contribution < -0.4 is 5.32 Å². The molecule has 0 aliphatic carbocycles. The van der Waals surface area contributed by atoms with Crippen LogP contribution in [0.2, 0.25) is 0 Å². The molecule has 1 aromatic rings. The Morgan fingerprint density at radius 3 is 2.35 bits per heavy atom. The van der Waals surface area contributed by atoms with Crippen LogP contribution in [0.5, 0.6) is 0 Å². The first-order valence-electron chi connectivity index (χ1n) is 6.16. The van der Waals surface area contributed by atoms with Gasteiger partial charge < -0.3 is 5.32 Å². The van der Waals surface area contributed by atoms with Crippen molar-refractivity contribution in [3.8, 4) is 0 Å². The quantitative estimate of drug-likeness (QED) is 0.822. The summed E-state index contributed by atoms with van der Waals surface area (Å²) in [5, 5.41) is 3.27. The van der Waals surface area contributed by atoms with Crippen molar-refractivity contribution in [1.29, 1.82) is 0 Å². The predicted octanol–water partition coefficient (Wildman–Crippen LogP) is 3.97. The lowest BCUT2D eigenvalue weighted by Gasteiger charge is -2.23. The van der Waals surface area contributed by atoms with Gasteiger partial charge in [-0.05, 0) is 43.5 Å². The van der Waals surface area contributed by atoms with E-state index in [1.54, 1.807) is 6.92 Å². The van der Waals surface area contributed by atoms with Gasteiger partial charge in [0.15, 0.2) is 0 Å². The van der Waals surface area contributed by atoms with Crippen molar-refractivity contribution in [3.05, 3.63) is 34.9 Å². The molecular weight excluding hydrogens is 220 g/mol. The second-order valence-electron chi connectivity index (χ2n) is 4.80. The third-order valence-corrected chi connectivity index (χ3v) is 2.89. The maximum absolute atomic E-state index is 13.9. The van der Waals surface area contributed by atoms with Crippen molar-refractivity contribution < 1.29 is 8.78 Å². The average Bonchev–Trinajstić information content (AvgIpc) is 2.25. The summed E-state index contributed by atoms with van der Waals surface area (Å²) in [4.78, 5) is 0. The molecule has 96 valence electrons. The van der Waals surface area contributed by atoms with Crippen LogP contribution in [-0.2, 0) is 0 Å². The standard InChI is InChI=1S/C14H21F2N/c1-5-6-17-14(9(2)3)11-8-12(15)10(4)7-13(11)16/h7-9,14,17H,5-6H2,1-4H3. The van der Waals surface area contributed by atoms with E-state index in [1.807, 2.05) is 13.8 Å². The van der Waals surface area contributed by atoms with Gasteiger partial charge in [0.25, 0.3) is 0 Å². The van der Waals surface area contributed by atoms with E-state index in [-0.39, 0.29) is 23.6 Å². The molecule has 1 atom stereocenters. The van der Waals surface area contributed by atoms with E-state index in [0.717, 1.165) is 13.0 Å². The Balaban J connectivity index is 3.05. The number of rotatable bonds is 5. The molecular formula is C14H21F2N. The molecule has 1 unspecified atom stereocenters. The van der Waals surface area contributed by atoms with Crippen LogP contribution in [0.4, 0.5) is 8.78 Å². The van der Waals surface area contributed by atoms with Crippen LogP contribution in [0.15, 0.2) is 12.1 Å². The largest absolute Gasteiger partial charge is 0.310 e. The van der Waals surface area contributed by atoms with Gasteiger partial charge in [-0.25, -0.2) is 8.78 Å². The molecule has 0 spiro atoms. The summed E-state index contributed by atoms with van der Waals surface area (Å²) in [5.41, 5.74) is 0.779. The lowest BCUT2D eigenvalue weighted by Crippen LogP contribution is -2.27. The fourth-order valence-electron chi connectivity index (χ4n) is 1.90. The van der Waals surface area contributed by atoms with E-state index in [9.17, 15) is 8.78 Å². The Kier molecular flexibility index (Phi) is 5.06. The first-order chi connectivity index (χ1) is 7.97. The second-order valence-corrected chi connectivity index (χ2v) is 4.80. The fraction of sp³-hybridized carbons (Fsp3) is 0.571. The molecule has 0 aromatic heterocycles. The fourth-order valence-corrected chi connectivity index (χ4v) is 1.90. The van der Waals surface area contributed by atoms with E-state index in [4.69, 9.17) is 0 Å². The zero-order valence-electron chi connectivity index (χ0n) is 11.0. The van der Waals surface area contributed by atoms with Gasteiger partial charge >= 0.3 is 0 Å². The highest BCUT2D eigenvalue weighted by Gasteiger charge is 2.20. The number of hydrogen-bond acceptors (Lipinski definition) is 1. The minimum absolute atomic E-state index is 0.134. The number of hydrogen-bond donors (Lipinski definition) is 1. The number of nitrogens with one attached hydrogen (secondary N) is 1. The molecule has 0 saturated carbocycles. The van der Waals surface area contributed by atoms with Crippen LogP contribution in [0.3, 0.4) is 0 Å². The normalized spacial score (nSPS) is 13.1. The summed E-state index contributed by atoms with van der Waals surface area (Å²) in [6, 6.07) is 2.45. The highest BCUT2D eigenvalue weighted by molar-refractivity contribution is 5.28. The van der Waals surface area contributed by atoms with Gasteiger partial charge in [0.2, 0.25) is 0 Å². The summed E-state index contributed by atoms with van der Waals surface area (Å²) in [6.07, 6.45) is 0.971. The molecule has 1 N–H and O–H groups in total. The highest BCUT2D eigenvalue weighted by atomic mass is 19.1. The molecule has 0 radical (unpaired) electrons. The maximum Gasteiger partial charge on any atom is 0.128 e. The van der Waals surface area contributed by atoms with E-state index in [1.165, 1.54) is 12.1 Å². The van der Waals surface area contributed by atoms with E-state index in [0.29, 0.717) is 11.1 Å². The van der Waals surface area contributed by atoms with Crippen LogP contribution in [0.25, 0.3) is 0 Å². The molecule has 0 fully saturated rings. The molecule has 1 rings (SSSR count). The third-order valence-electron chi connectivity index (χ3n) is 2.89. The van der Waals surface area contributed by atoms with Crippen LogP contribution in [0, 0.1) is 24.5 Å². The third kappa shape index (κ3) is 3.50. The molecule has 0 saturated heterocycles. The smallest absolute Gasteiger partial charge is 0.128 e. The Hall–Kier alpha value is -0.960. The van der Waals surface area contributed by atoms with Gasteiger partial charge in [0, 0.05) is 11.6 Å². The minimum atomic E-state index is -0.342. The predicted molar refractivity (Wildman–Crippen MR) is 67.0 cm³/mol. The van der Waals surface area contributed by atoms with E-state index in [2.05, 4.69) is 12.2 Å². The van der Waals surface area contributed by atoms with Crippen LogP contribution >= 0.6 is 0 Å². The molecule has 1 nitrogen and oxygen atoms in total. The average molecular weight is 241 g/mol. The Morgan fingerprint density at radius 1 is 1.18 bits per heavy atom. The summed E-state index contributed by atoms with van der Waals surface area (Å²) < 4.78 is 27.4. The van der Waals surface area contributed by atoms with Crippen LogP contribution in [0.1, 0.15) is 44.4 Å².